The average molecular weight is 369 g/mol. The minimum Gasteiger partial charge on any atom is -0.495 e. The number of nitrogens with zero attached hydrogens (tertiary/aromatic N) is 3. The van der Waals surface area contributed by atoms with Gasteiger partial charge in [-0.1, -0.05) is 11.6 Å². The van der Waals surface area contributed by atoms with E-state index in [1.165, 1.54) is 0 Å². The van der Waals surface area contributed by atoms with Crippen molar-refractivity contribution in [3.8, 4) is 5.75 Å². The lowest BCUT2D eigenvalue weighted by atomic mass is 10.1. The quantitative estimate of drug-likeness (QED) is 0.783. The molecule has 140 valence electrons. The number of piperazine rings is 1. The van der Waals surface area contributed by atoms with Crippen molar-refractivity contribution in [1.82, 2.24) is 15.1 Å². The largest absolute Gasteiger partial charge is 0.495 e. The Morgan fingerprint density at radius 3 is 2.56 bits per heavy atom. The number of benzene rings is 1. The third-order valence-electron chi connectivity index (χ3n) is 4.43. The van der Waals surface area contributed by atoms with Crippen molar-refractivity contribution in [3.63, 3.8) is 0 Å². The minimum atomic E-state index is 0.0256. The number of hydrogen-bond acceptors (Lipinski definition) is 4. The Morgan fingerprint density at radius 2 is 1.96 bits per heavy atom. The predicted octanol–water partition coefficient (Wildman–Crippen LogP) is 2.44. The van der Waals surface area contributed by atoms with Crippen molar-refractivity contribution in [2.75, 3.05) is 65.4 Å². The molecule has 0 aliphatic carbocycles. The lowest BCUT2D eigenvalue weighted by molar-refractivity contribution is 0.194. The fourth-order valence-corrected chi connectivity index (χ4v) is 3.07. The maximum atomic E-state index is 12.2. The van der Waals surface area contributed by atoms with Gasteiger partial charge in [0.1, 0.15) is 5.75 Å². The van der Waals surface area contributed by atoms with Gasteiger partial charge in [0, 0.05) is 43.8 Å². The third kappa shape index (κ3) is 5.41. The number of halogens is 1. The van der Waals surface area contributed by atoms with Crippen LogP contribution in [0.25, 0.3) is 0 Å². The van der Waals surface area contributed by atoms with Crippen LogP contribution in [0.1, 0.15) is 12.0 Å². The Labute approximate surface area is 155 Å². The van der Waals surface area contributed by atoms with E-state index in [2.05, 4.69) is 21.2 Å². The minimum absolute atomic E-state index is 0.0256. The first-order chi connectivity index (χ1) is 11.9. The second-order valence-corrected chi connectivity index (χ2v) is 7.04. The molecule has 1 heterocycles. The van der Waals surface area contributed by atoms with Crippen molar-refractivity contribution in [1.29, 1.82) is 0 Å². The molecular formula is C18H29ClN4O2. The highest BCUT2D eigenvalue weighted by Gasteiger charge is 2.23. The molecule has 0 atom stereocenters. The van der Waals surface area contributed by atoms with Crippen molar-refractivity contribution < 1.29 is 9.53 Å². The van der Waals surface area contributed by atoms with Gasteiger partial charge in [-0.25, -0.2) is 4.79 Å². The predicted molar refractivity (Wildman–Crippen MR) is 103 cm³/mol. The second-order valence-electron chi connectivity index (χ2n) is 6.64. The van der Waals surface area contributed by atoms with E-state index in [4.69, 9.17) is 16.3 Å². The summed E-state index contributed by atoms with van der Waals surface area (Å²) in [5.74, 6) is 0.775. The normalized spacial score (nSPS) is 14.8. The Kier molecular flexibility index (Phi) is 7.20. The van der Waals surface area contributed by atoms with Crippen LogP contribution in [0.3, 0.4) is 0 Å². The maximum absolute atomic E-state index is 12.2. The molecule has 0 bridgehead atoms. The summed E-state index contributed by atoms with van der Waals surface area (Å²) in [6.45, 7) is 6.63. The molecule has 2 rings (SSSR count). The molecule has 0 unspecified atom stereocenters. The summed E-state index contributed by atoms with van der Waals surface area (Å²) >= 11 is 6.19. The molecule has 1 aliphatic heterocycles. The van der Waals surface area contributed by atoms with E-state index in [9.17, 15) is 4.79 Å². The number of amides is 2. The summed E-state index contributed by atoms with van der Waals surface area (Å²) in [7, 11) is 5.73. The standard InChI is InChI=1S/C18H29ClN4O2/c1-14-12-16(17(25-4)13-15(14)19)22-8-10-23(11-9-22)18(24)20-6-5-7-21(2)3/h12-13H,5-11H2,1-4H3,(H,20,24). The summed E-state index contributed by atoms with van der Waals surface area (Å²) in [4.78, 5) is 18.5. The molecule has 0 radical (unpaired) electrons. The number of anilines is 1. The van der Waals surface area contributed by atoms with Crippen molar-refractivity contribution in [2.45, 2.75) is 13.3 Å². The van der Waals surface area contributed by atoms with Crippen molar-refractivity contribution in [2.24, 2.45) is 0 Å². The number of rotatable bonds is 6. The number of urea groups is 1. The first kappa shape index (κ1) is 19.7. The fourth-order valence-electron chi connectivity index (χ4n) is 2.91. The highest BCUT2D eigenvalue weighted by Crippen LogP contribution is 2.34. The smallest absolute Gasteiger partial charge is 0.317 e. The van der Waals surface area contributed by atoms with Crippen LogP contribution >= 0.6 is 11.6 Å². The number of nitrogens with one attached hydrogen (secondary N) is 1. The zero-order valence-corrected chi connectivity index (χ0v) is 16.4. The van der Waals surface area contributed by atoms with E-state index in [0.29, 0.717) is 24.7 Å². The van der Waals surface area contributed by atoms with Gasteiger partial charge in [0.2, 0.25) is 0 Å². The lowest BCUT2D eigenvalue weighted by Gasteiger charge is -2.36. The van der Waals surface area contributed by atoms with Gasteiger partial charge in [-0.3, -0.25) is 0 Å². The van der Waals surface area contributed by atoms with Crippen LogP contribution in [0, 0.1) is 6.92 Å². The second kappa shape index (κ2) is 9.15. The lowest BCUT2D eigenvalue weighted by Crippen LogP contribution is -2.52. The van der Waals surface area contributed by atoms with Crippen LogP contribution in [-0.2, 0) is 0 Å². The number of carbonyl (C=O) groups is 1. The van der Waals surface area contributed by atoms with Gasteiger partial charge in [-0.2, -0.15) is 0 Å². The van der Waals surface area contributed by atoms with Gasteiger partial charge in [-0.05, 0) is 45.6 Å². The molecule has 1 N–H and O–H groups in total. The van der Waals surface area contributed by atoms with E-state index in [-0.39, 0.29) is 6.03 Å². The number of methoxy groups -OCH3 is 1. The summed E-state index contributed by atoms with van der Waals surface area (Å²) in [5, 5.41) is 3.71. The molecule has 7 heteroatoms. The molecule has 2 amide bonds. The Balaban J connectivity index is 1.87. The maximum Gasteiger partial charge on any atom is 0.317 e. The summed E-state index contributed by atoms with van der Waals surface area (Å²) < 4.78 is 5.47. The molecule has 1 aromatic rings. The average Bonchev–Trinajstić information content (AvgIpc) is 2.60. The van der Waals surface area contributed by atoms with E-state index >= 15 is 0 Å². The van der Waals surface area contributed by atoms with Gasteiger partial charge >= 0.3 is 6.03 Å². The van der Waals surface area contributed by atoms with Gasteiger partial charge in [0.15, 0.2) is 0 Å². The molecule has 0 aromatic heterocycles. The van der Waals surface area contributed by atoms with Crippen LogP contribution < -0.4 is 15.0 Å². The van der Waals surface area contributed by atoms with Crippen LogP contribution in [0.4, 0.5) is 10.5 Å². The Morgan fingerprint density at radius 1 is 1.28 bits per heavy atom. The zero-order chi connectivity index (χ0) is 18.4. The molecule has 0 saturated carbocycles. The molecule has 1 fully saturated rings. The van der Waals surface area contributed by atoms with E-state index in [0.717, 1.165) is 43.1 Å². The number of aryl methyl sites for hydroxylation is 1. The molecule has 1 aliphatic rings. The number of carbonyl (C=O) groups excluding carboxylic acids is 1. The van der Waals surface area contributed by atoms with Crippen molar-refractivity contribution in [3.05, 3.63) is 22.7 Å². The first-order valence-electron chi connectivity index (χ1n) is 8.69. The monoisotopic (exact) mass is 368 g/mol. The highest BCUT2D eigenvalue weighted by molar-refractivity contribution is 6.31. The third-order valence-corrected chi connectivity index (χ3v) is 4.83. The zero-order valence-electron chi connectivity index (χ0n) is 15.6. The van der Waals surface area contributed by atoms with Gasteiger partial charge in [-0.15, -0.1) is 0 Å². The summed E-state index contributed by atoms with van der Waals surface area (Å²) in [6, 6.07) is 3.94. The molecule has 25 heavy (non-hydrogen) atoms. The number of ether oxygens (including phenoxy) is 1. The molecule has 0 spiro atoms. The van der Waals surface area contributed by atoms with E-state index < -0.39 is 0 Å². The van der Waals surface area contributed by atoms with Gasteiger partial charge in [0.25, 0.3) is 0 Å². The van der Waals surface area contributed by atoms with Gasteiger partial charge in [0.05, 0.1) is 12.8 Å². The van der Waals surface area contributed by atoms with Crippen molar-refractivity contribution >= 4 is 23.3 Å². The number of hydrogen-bond donors (Lipinski definition) is 1. The van der Waals surface area contributed by atoms with Crippen LogP contribution in [-0.4, -0.2) is 76.3 Å². The van der Waals surface area contributed by atoms with E-state index in [1.54, 1.807) is 7.11 Å². The molecule has 1 saturated heterocycles. The van der Waals surface area contributed by atoms with Crippen LogP contribution in [0.2, 0.25) is 5.02 Å². The Bertz CT molecular complexity index is 587. The van der Waals surface area contributed by atoms with Crippen LogP contribution in [0.5, 0.6) is 5.75 Å². The molecule has 1 aromatic carbocycles. The van der Waals surface area contributed by atoms with Crippen LogP contribution in [0.15, 0.2) is 12.1 Å². The van der Waals surface area contributed by atoms with E-state index in [1.807, 2.05) is 32.0 Å². The SMILES string of the molecule is COc1cc(Cl)c(C)cc1N1CCN(C(=O)NCCCN(C)C)CC1. The topological polar surface area (TPSA) is 48.1 Å². The first-order valence-corrected chi connectivity index (χ1v) is 9.06. The highest BCUT2D eigenvalue weighted by atomic mass is 35.5. The summed E-state index contributed by atoms with van der Waals surface area (Å²) in [6.07, 6.45) is 0.958. The van der Waals surface area contributed by atoms with Gasteiger partial charge < -0.3 is 24.8 Å². The Hall–Kier alpha value is -1.66. The molecule has 6 nitrogen and oxygen atoms in total. The summed E-state index contributed by atoms with van der Waals surface area (Å²) in [5.41, 5.74) is 2.06. The fraction of sp³-hybridized carbons (Fsp3) is 0.611. The molecular weight excluding hydrogens is 340 g/mol.